The number of rotatable bonds is 16. The molecule has 0 fully saturated rings. The summed E-state index contributed by atoms with van der Waals surface area (Å²) in [5, 5.41) is 14.3. The number of imide groups is 3. The normalized spacial score (nSPS) is 17.0. The number of amides is 10. The first kappa shape index (κ1) is 86.5. The lowest BCUT2D eigenvalue weighted by Crippen LogP contribution is -2.47. The van der Waals surface area contributed by atoms with Gasteiger partial charge in [-0.2, -0.15) is 0 Å². The Morgan fingerprint density at radius 3 is 1.10 bits per heavy atom. The van der Waals surface area contributed by atoms with Crippen molar-refractivity contribution >= 4 is 117 Å². The Morgan fingerprint density at radius 2 is 0.786 bits per heavy atom. The average Bonchev–Trinajstić information content (AvgIpc) is 1.61. The number of nitrogens with zero attached hydrogens (tertiary/aromatic N) is 12. The highest BCUT2D eigenvalue weighted by molar-refractivity contribution is 6.31. The van der Waals surface area contributed by atoms with Crippen LogP contribution < -0.4 is 77.7 Å². The molecule has 7 aromatic heterocycles. The van der Waals surface area contributed by atoms with E-state index in [2.05, 4.69) is 73.2 Å². The fourth-order valence-electron chi connectivity index (χ4n) is 12.8. The lowest BCUT2D eigenvalue weighted by Gasteiger charge is -2.29. The molecule has 18 N–H and O–H groups in total. The summed E-state index contributed by atoms with van der Waals surface area (Å²) in [6.07, 6.45) is 9.88. The number of primary amides is 1. The third kappa shape index (κ3) is 18.6. The van der Waals surface area contributed by atoms with Gasteiger partial charge in [-0.1, -0.05) is 59.6 Å². The standard InChI is InChI=1S/C22H18N6O4.C18H14ClN3O4.C14H16N6O2.C12H11NO3.C6H5ClN2O2.C4H5N3.H4N2.H2O/c1-22(9-11-27-19(30)13-4-2-3-5-14(13)20(27)31)26-18(29)16-7-6-15(21(32)28(16)22)25-17-8-10-23-12-24-17;1-18(20-14(23)13-7-6-12(19)17(26)22(13)18)8-9-21-15(24)10-4-2-3-5-11(10)16(21)25;1-14(5-6-15)19-12(21)10-3-2-9(13(22)20(10)14)18-11-4-7-16-8-17-11;1-8(14)6-7-13-11(15)9-4-2-3-5-10(9)12(13)16;7-3-1-2-4(5(8)10)9-6(3)11;5-4-1-2-6-3-7-4;1-2;/h2-8,10,12H,9,11H2,1H3,(H,26,29)(H,23,24,25);2-7H,8-9H2,1H3,(H,20,23);2-4,7-8H,5-6,15H2,1H3,(H,19,21)(H,16,17,18);2-5H,6-7H2,1H3;1-2H,(H2,8,10)(H,9,11);1-3H,(H2,5,6,7);1-2H2;1H2. The highest BCUT2D eigenvalue weighted by Gasteiger charge is 2.46. The fraction of sp³-hybridized carbons (Fsp3) is 0.197. The molecule has 10 aromatic rings. The fourth-order valence-corrected chi connectivity index (χ4v) is 13.1. The second-order valence-corrected chi connectivity index (χ2v) is 27.2. The molecular formula is C76H75Cl2N23O16. The van der Waals surface area contributed by atoms with Crippen LogP contribution >= 0.6 is 23.2 Å². The summed E-state index contributed by atoms with van der Waals surface area (Å²) in [5.41, 5.74) is 14.6. The number of hydrogen-bond acceptors (Lipinski definition) is 27. The van der Waals surface area contributed by atoms with Gasteiger partial charge in [0.05, 0.1) is 33.4 Å². The van der Waals surface area contributed by atoms with E-state index in [0.29, 0.717) is 75.2 Å². The maximum Gasteiger partial charge on any atom is 0.276 e. The Balaban J connectivity index is 0.000000167. The number of halogens is 2. The van der Waals surface area contributed by atoms with Gasteiger partial charge in [0.1, 0.15) is 103 Å². The van der Waals surface area contributed by atoms with Crippen LogP contribution in [0.25, 0.3) is 0 Å². The number of nitrogens with two attached hydrogens (primary N) is 5. The van der Waals surface area contributed by atoms with E-state index in [1.54, 1.807) is 142 Å². The second-order valence-electron chi connectivity index (χ2n) is 26.3. The minimum atomic E-state index is -1.12. The predicted octanol–water partition coefficient (Wildman–Crippen LogP) is 2.68. The van der Waals surface area contributed by atoms with Crippen molar-refractivity contribution < 1.29 is 58.2 Å². The van der Waals surface area contributed by atoms with E-state index < -0.39 is 51.4 Å². The molecule has 117 heavy (non-hydrogen) atoms. The van der Waals surface area contributed by atoms with Gasteiger partial charge in [-0.3, -0.25) is 112 Å². The summed E-state index contributed by atoms with van der Waals surface area (Å²) in [6, 6.07) is 36.6. The third-order valence-corrected chi connectivity index (χ3v) is 19.1. The summed E-state index contributed by atoms with van der Waals surface area (Å²) in [7, 11) is 0. The van der Waals surface area contributed by atoms with E-state index in [4.69, 9.17) is 40.4 Å². The average molecular weight is 1640 g/mol. The van der Waals surface area contributed by atoms with Crippen molar-refractivity contribution in [2.24, 2.45) is 23.2 Å². The molecule has 0 spiro atoms. The van der Waals surface area contributed by atoms with Crippen LogP contribution in [0.15, 0.2) is 196 Å². The molecule has 3 unspecified atom stereocenters. The number of fused-ring (bicyclic) bond motifs is 6. The SMILES string of the molecule is CC(=O)CCN1C(=O)c2ccccc2C1=O.CC1(CCN)NC(=O)c2ccc(Nc3ccncn3)c(=O)n21.CC1(CCN2C(=O)c3ccccc3C2=O)NC(=O)c2ccc(Cl)c(=O)n21.CC1(CCN2C(=O)c3ccccc3C2=O)NC(=O)c2ccc(Nc3ccncn3)c(=O)n21.NC(=O)c1ccc(Cl)c(=O)[nH]1.NN.Nc1ccncn1.O. The Kier molecular flexibility index (Phi) is 27.3. The van der Waals surface area contributed by atoms with Crippen LogP contribution in [0, 0.1) is 0 Å². The minimum absolute atomic E-state index is 0. The molecule has 0 saturated heterocycles. The highest BCUT2D eigenvalue weighted by atomic mass is 35.5. The summed E-state index contributed by atoms with van der Waals surface area (Å²) in [6.45, 7) is 7.20. The third-order valence-electron chi connectivity index (χ3n) is 18.5. The number of ketones is 1. The van der Waals surface area contributed by atoms with Crippen LogP contribution in [0.3, 0.4) is 0 Å². The summed E-state index contributed by atoms with van der Waals surface area (Å²) in [5.74, 6) is 5.53. The number of aromatic amines is 1. The molecule has 0 bridgehead atoms. The van der Waals surface area contributed by atoms with Crippen LogP contribution in [-0.4, -0.2) is 160 Å². The summed E-state index contributed by atoms with van der Waals surface area (Å²) < 4.78 is 4.10. The maximum absolute atomic E-state index is 13.2. The topological polar surface area (TPSA) is 595 Å². The minimum Gasteiger partial charge on any atom is -0.412 e. The van der Waals surface area contributed by atoms with Gasteiger partial charge in [-0.05, 0) is 137 Å². The lowest BCUT2D eigenvalue weighted by molar-refractivity contribution is -0.117. The first-order valence-electron chi connectivity index (χ1n) is 35.0. The van der Waals surface area contributed by atoms with Crippen LogP contribution in [0.5, 0.6) is 0 Å². The van der Waals surface area contributed by atoms with Crippen molar-refractivity contribution in [3.63, 3.8) is 0 Å². The number of nitrogen functional groups attached to an aromatic ring is 1. The molecule has 13 heterocycles. The molecule has 0 saturated carbocycles. The number of hydrazine groups is 1. The summed E-state index contributed by atoms with van der Waals surface area (Å²) >= 11 is 11.3. The summed E-state index contributed by atoms with van der Waals surface area (Å²) in [4.78, 5) is 210. The molecule has 3 atom stereocenters. The number of anilines is 5. The van der Waals surface area contributed by atoms with Gasteiger partial charge in [0.2, 0.25) is 0 Å². The number of pyridine rings is 4. The smallest absolute Gasteiger partial charge is 0.276 e. The zero-order valence-corrected chi connectivity index (χ0v) is 64.0. The zero-order valence-electron chi connectivity index (χ0n) is 62.5. The molecule has 16 rings (SSSR count). The molecule has 3 aromatic carbocycles. The van der Waals surface area contributed by atoms with E-state index in [-0.39, 0.29) is 130 Å². The Bertz CT molecular complexity index is 5710. The number of nitrogens with one attached hydrogen (secondary N) is 6. The number of H-pyrrole nitrogens is 1. The van der Waals surface area contributed by atoms with Gasteiger partial charge in [0, 0.05) is 63.9 Å². The number of hydrogen-bond donors (Lipinski definition) is 11. The molecular weight excluding hydrogens is 1560 g/mol. The Labute approximate surface area is 671 Å². The van der Waals surface area contributed by atoms with Crippen molar-refractivity contribution in [1.29, 1.82) is 0 Å². The van der Waals surface area contributed by atoms with Gasteiger partial charge >= 0.3 is 0 Å². The molecule has 604 valence electrons. The van der Waals surface area contributed by atoms with Crippen molar-refractivity contribution in [2.75, 3.05) is 42.5 Å². The molecule has 0 radical (unpaired) electrons. The molecule has 39 nitrogen and oxygen atoms in total. The Hall–Kier alpha value is -14.5. The van der Waals surface area contributed by atoms with Crippen molar-refractivity contribution in [2.45, 2.75) is 70.4 Å². The maximum atomic E-state index is 13.2. The van der Waals surface area contributed by atoms with Gasteiger partial charge in [-0.25, -0.2) is 29.9 Å². The zero-order chi connectivity index (χ0) is 84.1. The van der Waals surface area contributed by atoms with Crippen LogP contribution in [0.2, 0.25) is 10.0 Å². The lowest BCUT2D eigenvalue weighted by atomic mass is 10.1. The van der Waals surface area contributed by atoms with Gasteiger partial charge < -0.3 is 54.2 Å². The highest BCUT2D eigenvalue weighted by Crippen LogP contribution is 2.33. The number of aromatic nitrogens is 10. The van der Waals surface area contributed by atoms with Crippen LogP contribution in [0.4, 0.5) is 28.8 Å². The van der Waals surface area contributed by atoms with Crippen molar-refractivity contribution in [1.82, 2.24) is 79.2 Å². The Morgan fingerprint density at radius 1 is 0.444 bits per heavy atom. The van der Waals surface area contributed by atoms with E-state index in [1.807, 2.05) is 0 Å². The molecule has 10 amide bonds. The predicted molar refractivity (Wildman–Crippen MR) is 424 cm³/mol. The molecule has 0 aliphatic carbocycles. The van der Waals surface area contributed by atoms with Crippen molar-refractivity contribution in [3.8, 4) is 0 Å². The molecule has 6 aliphatic heterocycles. The van der Waals surface area contributed by atoms with E-state index in [1.165, 1.54) is 76.1 Å². The number of Topliss-reactive ketones (excluding diaryl/α,β-unsaturated/α-hetero) is 1. The second kappa shape index (κ2) is 37.0. The first-order chi connectivity index (χ1) is 55.4. The largest absolute Gasteiger partial charge is 0.412 e. The molecule has 41 heteroatoms. The molecule has 6 aliphatic rings. The monoisotopic (exact) mass is 1640 g/mol. The van der Waals surface area contributed by atoms with E-state index >= 15 is 0 Å². The quantitative estimate of drug-likeness (QED) is 0.0376. The van der Waals surface area contributed by atoms with Crippen LogP contribution in [-0.2, 0) is 21.8 Å². The first-order valence-corrected chi connectivity index (χ1v) is 35.7. The van der Waals surface area contributed by atoms with E-state index in [0.717, 1.165) is 14.7 Å². The van der Waals surface area contributed by atoms with Gasteiger partial charge in [0.25, 0.3) is 81.3 Å². The van der Waals surface area contributed by atoms with Crippen molar-refractivity contribution in [3.05, 3.63) is 285 Å². The van der Waals surface area contributed by atoms with Gasteiger partial charge in [-0.15, -0.1) is 0 Å². The number of carbonyl (C=O) groups excluding carboxylic acids is 11. The van der Waals surface area contributed by atoms with Crippen LogP contribution in [0.1, 0.15) is 157 Å². The van der Waals surface area contributed by atoms with Gasteiger partial charge in [0.15, 0.2) is 0 Å². The number of benzene rings is 3. The number of carbonyl (C=O) groups is 11. The van der Waals surface area contributed by atoms with E-state index in [9.17, 15) is 71.9 Å².